The van der Waals surface area contributed by atoms with Gasteiger partial charge >= 0.3 is 0 Å². The van der Waals surface area contributed by atoms with Crippen molar-refractivity contribution in [3.63, 3.8) is 0 Å². The number of nitrogens with zero attached hydrogens (tertiary/aromatic N) is 1. The maximum atomic E-state index is 13.2. The molecule has 0 saturated carbocycles. The fourth-order valence-electron chi connectivity index (χ4n) is 3.19. The summed E-state index contributed by atoms with van der Waals surface area (Å²) < 4.78 is 0. The molecule has 0 unspecified atom stereocenters. The Morgan fingerprint density at radius 2 is 1.34 bits per heavy atom. The number of hydrogen-bond donors (Lipinski definition) is 0. The van der Waals surface area contributed by atoms with Crippen molar-refractivity contribution in [3.8, 4) is 0 Å². The van der Waals surface area contributed by atoms with E-state index in [0.29, 0.717) is 21.3 Å². The van der Waals surface area contributed by atoms with E-state index in [0.717, 1.165) is 16.7 Å². The monoisotopic (exact) mass is 419 g/mol. The zero-order valence-electron chi connectivity index (χ0n) is 15.5. The summed E-state index contributed by atoms with van der Waals surface area (Å²) in [5, 5.41) is 0.620. The average Bonchev–Trinajstić information content (AvgIpc) is 2.99. The minimum Gasteiger partial charge on any atom is -0.269 e. The second-order valence-electron chi connectivity index (χ2n) is 6.67. The normalized spacial score (nSPS) is 14.0. The fourth-order valence-corrected chi connectivity index (χ4v) is 4.41. The van der Waals surface area contributed by atoms with Crippen molar-refractivity contribution >= 4 is 40.8 Å². The number of hydrogen-bond acceptors (Lipinski definition) is 3. The molecule has 0 N–H and O–H groups in total. The molecule has 0 bridgehead atoms. The van der Waals surface area contributed by atoms with Crippen LogP contribution >= 0.6 is 23.4 Å². The molecule has 2 amide bonds. The van der Waals surface area contributed by atoms with Crippen molar-refractivity contribution < 1.29 is 9.59 Å². The molecule has 0 fully saturated rings. The summed E-state index contributed by atoms with van der Waals surface area (Å²) in [5.74, 6) is 0.122. The molecule has 144 valence electrons. The number of carbonyl (C=O) groups excluding carboxylic acids is 2. The van der Waals surface area contributed by atoms with Crippen molar-refractivity contribution in [1.82, 2.24) is 4.90 Å². The van der Waals surface area contributed by atoms with E-state index in [1.807, 2.05) is 72.8 Å². The second-order valence-corrected chi connectivity index (χ2v) is 8.09. The van der Waals surface area contributed by atoms with Crippen LogP contribution in [0.4, 0.5) is 0 Å². The van der Waals surface area contributed by atoms with Gasteiger partial charge in [-0.2, -0.15) is 0 Å². The van der Waals surface area contributed by atoms with Gasteiger partial charge in [0.05, 0.1) is 17.0 Å². The van der Waals surface area contributed by atoms with E-state index >= 15 is 0 Å². The molecule has 0 aromatic heterocycles. The van der Waals surface area contributed by atoms with E-state index in [2.05, 4.69) is 0 Å². The van der Waals surface area contributed by atoms with E-state index in [1.54, 1.807) is 12.1 Å². The first kappa shape index (κ1) is 19.5. The number of amides is 2. The maximum Gasteiger partial charge on any atom is 0.268 e. The van der Waals surface area contributed by atoms with Gasteiger partial charge in [0.1, 0.15) is 0 Å². The van der Waals surface area contributed by atoms with Crippen LogP contribution in [-0.2, 0) is 21.9 Å². The largest absolute Gasteiger partial charge is 0.269 e. The highest BCUT2D eigenvalue weighted by atomic mass is 35.5. The first-order chi connectivity index (χ1) is 14.1. The Morgan fingerprint density at radius 3 is 2.00 bits per heavy atom. The predicted molar refractivity (Wildman–Crippen MR) is 118 cm³/mol. The average molecular weight is 420 g/mol. The molecule has 3 aromatic rings. The third kappa shape index (κ3) is 4.29. The van der Waals surface area contributed by atoms with Gasteiger partial charge in [-0.1, -0.05) is 84.4 Å². The molecule has 1 heterocycles. The molecule has 1 aliphatic heterocycles. The summed E-state index contributed by atoms with van der Waals surface area (Å²) in [6, 6.07) is 26.5. The quantitative estimate of drug-likeness (QED) is 0.491. The third-order valence-corrected chi connectivity index (χ3v) is 6.06. The van der Waals surface area contributed by atoms with Crippen molar-refractivity contribution in [2.75, 3.05) is 0 Å². The summed E-state index contributed by atoms with van der Waals surface area (Å²) in [7, 11) is 0. The van der Waals surface area contributed by atoms with Crippen molar-refractivity contribution in [3.05, 3.63) is 112 Å². The molecule has 3 nitrogen and oxygen atoms in total. The summed E-state index contributed by atoms with van der Waals surface area (Å²) in [6.45, 7) is 0.223. The Morgan fingerprint density at radius 1 is 0.724 bits per heavy atom. The number of benzene rings is 3. The Bertz CT molecular complexity index is 1060. The smallest absolute Gasteiger partial charge is 0.268 e. The van der Waals surface area contributed by atoms with Crippen LogP contribution in [0.5, 0.6) is 0 Å². The van der Waals surface area contributed by atoms with Crippen LogP contribution in [-0.4, -0.2) is 16.7 Å². The molecule has 29 heavy (non-hydrogen) atoms. The van der Waals surface area contributed by atoms with E-state index < -0.39 is 0 Å². The van der Waals surface area contributed by atoms with Crippen LogP contribution in [0.2, 0.25) is 5.02 Å². The zero-order chi connectivity index (χ0) is 20.2. The van der Waals surface area contributed by atoms with Gasteiger partial charge in [0, 0.05) is 10.8 Å². The van der Waals surface area contributed by atoms with Gasteiger partial charge in [-0.15, -0.1) is 11.8 Å². The molecule has 4 rings (SSSR count). The minimum absolute atomic E-state index is 0.223. The molecular weight excluding hydrogens is 402 g/mol. The van der Waals surface area contributed by atoms with E-state index in [9.17, 15) is 9.59 Å². The van der Waals surface area contributed by atoms with Gasteiger partial charge in [-0.05, 0) is 28.8 Å². The molecule has 1 aliphatic rings. The predicted octanol–water partition coefficient (Wildman–Crippen LogP) is 5.55. The minimum atomic E-state index is -0.258. The highest BCUT2D eigenvalue weighted by molar-refractivity contribution is 8.03. The Labute approximate surface area is 179 Å². The highest BCUT2D eigenvalue weighted by Crippen LogP contribution is 2.38. The Hall–Kier alpha value is -2.82. The van der Waals surface area contributed by atoms with Crippen LogP contribution in [0, 0.1) is 0 Å². The van der Waals surface area contributed by atoms with Gasteiger partial charge in [-0.3, -0.25) is 14.5 Å². The summed E-state index contributed by atoms with van der Waals surface area (Å²) in [6.07, 6.45) is 0. The van der Waals surface area contributed by atoms with Gasteiger partial charge in [-0.25, -0.2) is 0 Å². The second kappa shape index (κ2) is 8.68. The van der Waals surface area contributed by atoms with Crippen LogP contribution in [0.25, 0.3) is 5.57 Å². The number of carbonyl (C=O) groups is 2. The lowest BCUT2D eigenvalue weighted by Gasteiger charge is -2.15. The highest BCUT2D eigenvalue weighted by Gasteiger charge is 2.39. The third-order valence-electron chi connectivity index (χ3n) is 4.67. The topological polar surface area (TPSA) is 37.4 Å². The molecule has 5 heteroatoms. The van der Waals surface area contributed by atoms with Gasteiger partial charge < -0.3 is 0 Å². The maximum absolute atomic E-state index is 13.2. The number of thioether (sulfide) groups is 1. The molecule has 0 spiro atoms. The fraction of sp³-hybridized carbons (Fsp3) is 0.0833. The van der Waals surface area contributed by atoms with E-state index in [1.165, 1.54) is 16.7 Å². The van der Waals surface area contributed by atoms with Crippen molar-refractivity contribution in [1.29, 1.82) is 0 Å². The molecule has 0 atom stereocenters. The SMILES string of the molecule is O=C1C(SCc2ccccc2)=C(c2ccccc2)C(=O)N1Cc1ccc(Cl)cc1. The molecule has 3 aromatic carbocycles. The van der Waals surface area contributed by atoms with Crippen LogP contribution in [0.3, 0.4) is 0 Å². The summed E-state index contributed by atoms with van der Waals surface area (Å²) in [4.78, 5) is 28.2. The number of imide groups is 1. The van der Waals surface area contributed by atoms with Crippen molar-refractivity contribution in [2.24, 2.45) is 0 Å². The van der Waals surface area contributed by atoms with Crippen molar-refractivity contribution in [2.45, 2.75) is 12.3 Å². The van der Waals surface area contributed by atoms with Crippen LogP contribution in [0.15, 0.2) is 89.8 Å². The standard InChI is InChI=1S/C24H18ClNO2S/c25-20-13-11-17(12-14-20)15-26-23(27)21(19-9-5-2-6-10-19)22(24(26)28)29-16-18-7-3-1-4-8-18/h1-14H,15-16H2. The van der Waals surface area contributed by atoms with E-state index in [4.69, 9.17) is 11.6 Å². The summed E-state index contributed by atoms with van der Waals surface area (Å²) in [5.41, 5.74) is 3.21. The lowest BCUT2D eigenvalue weighted by Crippen LogP contribution is -2.30. The Balaban J connectivity index is 1.65. The molecular formula is C24H18ClNO2S. The van der Waals surface area contributed by atoms with Crippen LogP contribution < -0.4 is 0 Å². The lowest BCUT2D eigenvalue weighted by atomic mass is 10.1. The number of halogens is 1. The molecule has 0 aliphatic carbocycles. The van der Waals surface area contributed by atoms with Gasteiger partial charge in [0.2, 0.25) is 0 Å². The number of rotatable bonds is 6. The van der Waals surface area contributed by atoms with Gasteiger partial charge in [0.15, 0.2) is 0 Å². The summed E-state index contributed by atoms with van der Waals surface area (Å²) >= 11 is 7.37. The first-order valence-electron chi connectivity index (χ1n) is 9.20. The zero-order valence-corrected chi connectivity index (χ0v) is 17.1. The van der Waals surface area contributed by atoms with Gasteiger partial charge in [0.25, 0.3) is 11.8 Å². The lowest BCUT2D eigenvalue weighted by molar-refractivity contribution is -0.137. The molecule has 0 saturated heterocycles. The Kier molecular flexibility index (Phi) is 5.84. The first-order valence-corrected chi connectivity index (χ1v) is 10.6. The molecule has 0 radical (unpaired) electrons. The van der Waals surface area contributed by atoms with Crippen LogP contribution in [0.1, 0.15) is 16.7 Å². The van der Waals surface area contributed by atoms with E-state index in [-0.39, 0.29) is 18.4 Å².